The summed E-state index contributed by atoms with van der Waals surface area (Å²) in [5, 5.41) is 2.92. The van der Waals surface area contributed by atoms with Gasteiger partial charge in [0.25, 0.3) is 0 Å². The van der Waals surface area contributed by atoms with Gasteiger partial charge in [0.15, 0.2) is 0 Å². The Morgan fingerprint density at radius 2 is 2.16 bits per heavy atom. The number of ether oxygens (including phenoxy) is 1. The minimum absolute atomic E-state index is 0.0985. The summed E-state index contributed by atoms with van der Waals surface area (Å²) in [5.41, 5.74) is 5.85. The number of rotatable bonds is 7. The molecule has 0 aliphatic rings. The number of furan rings is 1. The predicted molar refractivity (Wildman–Crippen MR) is 73.6 cm³/mol. The zero-order valence-electron chi connectivity index (χ0n) is 12.1. The lowest BCUT2D eigenvalue weighted by atomic mass is 10.0. The SMILES string of the molecule is COCCC(NC(=O)[C@@H](N)C(C)C)c1ccc(C)o1. The molecule has 19 heavy (non-hydrogen) atoms. The summed E-state index contributed by atoms with van der Waals surface area (Å²) in [6.45, 7) is 6.26. The average Bonchev–Trinajstić information content (AvgIpc) is 2.79. The molecule has 108 valence electrons. The Morgan fingerprint density at radius 1 is 1.47 bits per heavy atom. The van der Waals surface area contributed by atoms with Crippen LogP contribution in [0.5, 0.6) is 0 Å². The third-order valence-electron chi connectivity index (χ3n) is 3.05. The van der Waals surface area contributed by atoms with E-state index in [1.54, 1.807) is 7.11 Å². The molecule has 0 aliphatic carbocycles. The number of carbonyl (C=O) groups is 1. The number of nitrogens with two attached hydrogens (primary N) is 1. The molecule has 1 rings (SSSR count). The topological polar surface area (TPSA) is 77.5 Å². The molecule has 1 aromatic rings. The minimum atomic E-state index is -0.513. The van der Waals surface area contributed by atoms with Crippen molar-refractivity contribution in [3.63, 3.8) is 0 Å². The lowest BCUT2D eigenvalue weighted by Gasteiger charge is -2.21. The van der Waals surface area contributed by atoms with E-state index in [0.717, 1.165) is 11.5 Å². The molecule has 3 N–H and O–H groups in total. The molecule has 0 bridgehead atoms. The molecule has 1 unspecified atom stereocenters. The second-order valence-electron chi connectivity index (χ2n) is 5.06. The third-order valence-corrected chi connectivity index (χ3v) is 3.05. The molecule has 5 nitrogen and oxygen atoms in total. The molecule has 1 heterocycles. The zero-order chi connectivity index (χ0) is 14.4. The molecule has 0 saturated carbocycles. The fraction of sp³-hybridized carbons (Fsp3) is 0.643. The van der Waals surface area contributed by atoms with Crippen molar-refractivity contribution in [2.75, 3.05) is 13.7 Å². The van der Waals surface area contributed by atoms with E-state index < -0.39 is 6.04 Å². The number of nitrogens with one attached hydrogen (secondary N) is 1. The summed E-state index contributed by atoms with van der Waals surface area (Å²) in [4.78, 5) is 12.0. The van der Waals surface area contributed by atoms with Gasteiger partial charge in [-0.3, -0.25) is 4.79 Å². The second-order valence-corrected chi connectivity index (χ2v) is 5.06. The zero-order valence-corrected chi connectivity index (χ0v) is 12.1. The van der Waals surface area contributed by atoms with E-state index in [4.69, 9.17) is 14.9 Å². The normalized spacial score (nSPS) is 14.4. The third kappa shape index (κ3) is 4.69. The van der Waals surface area contributed by atoms with Gasteiger partial charge in [-0.2, -0.15) is 0 Å². The molecular formula is C14H24N2O3. The van der Waals surface area contributed by atoms with Crippen molar-refractivity contribution in [1.29, 1.82) is 0 Å². The lowest BCUT2D eigenvalue weighted by molar-refractivity contribution is -0.124. The summed E-state index contributed by atoms with van der Waals surface area (Å²) in [6.07, 6.45) is 0.653. The standard InChI is InChI=1S/C14H24N2O3/c1-9(2)13(15)14(17)16-11(7-8-18-4)12-6-5-10(3)19-12/h5-6,9,11,13H,7-8,15H2,1-4H3,(H,16,17)/t11?,13-/m0/s1. The van der Waals surface area contributed by atoms with Crippen molar-refractivity contribution in [3.8, 4) is 0 Å². The molecule has 1 amide bonds. The summed E-state index contributed by atoms with van der Waals surface area (Å²) in [5.74, 6) is 1.49. The molecule has 0 aromatic carbocycles. The Balaban J connectivity index is 2.72. The average molecular weight is 268 g/mol. The highest BCUT2D eigenvalue weighted by Crippen LogP contribution is 2.20. The van der Waals surface area contributed by atoms with Crippen LogP contribution in [-0.2, 0) is 9.53 Å². The van der Waals surface area contributed by atoms with Gasteiger partial charge >= 0.3 is 0 Å². The van der Waals surface area contributed by atoms with Crippen molar-refractivity contribution >= 4 is 5.91 Å². The van der Waals surface area contributed by atoms with Gasteiger partial charge in [0.05, 0.1) is 12.1 Å². The van der Waals surface area contributed by atoms with Crippen LogP contribution in [0.1, 0.15) is 37.8 Å². The first kappa shape index (κ1) is 15.7. The number of methoxy groups -OCH3 is 1. The lowest BCUT2D eigenvalue weighted by Crippen LogP contribution is -2.45. The summed E-state index contributed by atoms with van der Waals surface area (Å²) >= 11 is 0. The maximum Gasteiger partial charge on any atom is 0.237 e. The second kappa shape index (κ2) is 7.31. The predicted octanol–water partition coefficient (Wildman–Crippen LogP) is 1.77. The van der Waals surface area contributed by atoms with E-state index in [0.29, 0.717) is 13.0 Å². The van der Waals surface area contributed by atoms with Crippen LogP contribution in [0, 0.1) is 12.8 Å². The first-order valence-electron chi connectivity index (χ1n) is 6.57. The molecule has 2 atom stereocenters. The van der Waals surface area contributed by atoms with E-state index in [-0.39, 0.29) is 17.9 Å². The first-order valence-corrected chi connectivity index (χ1v) is 6.57. The van der Waals surface area contributed by atoms with E-state index in [9.17, 15) is 4.79 Å². The number of amides is 1. The van der Waals surface area contributed by atoms with Crippen molar-refractivity contribution in [1.82, 2.24) is 5.32 Å². The van der Waals surface area contributed by atoms with Crippen LogP contribution in [-0.4, -0.2) is 25.7 Å². The van der Waals surface area contributed by atoms with Crippen LogP contribution in [0.4, 0.5) is 0 Å². The van der Waals surface area contributed by atoms with Crippen LogP contribution >= 0.6 is 0 Å². The molecule has 0 fully saturated rings. The van der Waals surface area contributed by atoms with E-state index in [2.05, 4.69) is 5.32 Å². The van der Waals surface area contributed by atoms with Gasteiger partial charge < -0.3 is 20.2 Å². The highest BCUT2D eigenvalue weighted by atomic mass is 16.5. The van der Waals surface area contributed by atoms with Crippen LogP contribution in [0.25, 0.3) is 0 Å². The molecule has 0 radical (unpaired) electrons. The highest BCUT2D eigenvalue weighted by molar-refractivity contribution is 5.82. The van der Waals surface area contributed by atoms with Crippen molar-refractivity contribution in [3.05, 3.63) is 23.7 Å². The van der Waals surface area contributed by atoms with Crippen LogP contribution in [0.3, 0.4) is 0 Å². The number of hydrogen-bond donors (Lipinski definition) is 2. The van der Waals surface area contributed by atoms with Crippen molar-refractivity contribution in [2.45, 2.75) is 39.3 Å². The smallest absolute Gasteiger partial charge is 0.237 e. The number of hydrogen-bond acceptors (Lipinski definition) is 4. The fourth-order valence-corrected chi connectivity index (χ4v) is 1.73. The van der Waals surface area contributed by atoms with Gasteiger partial charge in [0.1, 0.15) is 11.5 Å². The van der Waals surface area contributed by atoms with E-state index >= 15 is 0 Å². The van der Waals surface area contributed by atoms with Gasteiger partial charge in [-0.05, 0) is 31.4 Å². The van der Waals surface area contributed by atoms with E-state index in [1.807, 2.05) is 32.9 Å². The molecule has 0 spiro atoms. The Morgan fingerprint density at radius 3 is 2.63 bits per heavy atom. The Kier molecular flexibility index (Phi) is 6.05. The molecular weight excluding hydrogens is 244 g/mol. The maximum absolute atomic E-state index is 12.0. The van der Waals surface area contributed by atoms with Crippen LogP contribution < -0.4 is 11.1 Å². The Bertz CT molecular complexity index is 401. The van der Waals surface area contributed by atoms with Gasteiger partial charge in [0.2, 0.25) is 5.91 Å². The molecule has 1 aromatic heterocycles. The number of aryl methyl sites for hydroxylation is 1. The van der Waals surface area contributed by atoms with Crippen LogP contribution in [0.2, 0.25) is 0 Å². The maximum atomic E-state index is 12.0. The molecule has 5 heteroatoms. The van der Waals surface area contributed by atoms with E-state index in [1.165, 1.54) is 0 Å². The summed E-state index contributed by atoms with van der Waals surface area (Å²) in [6, 6.07) is 3.03. The summed E-state index contributed by atoms with van der Waals surface area (Å²) < 4.78 is 10.6. The largest absolute Gasteiger partial charge is 0.464 e. The van der Waals surface area contributed by atoms with Crippen molar-refractivity contribution in [2.24, 2.45) is 11.7 Å². The monoisotopic (exact) mass is 268 g/mol. The van der Waals surface area contributed by atoms with Gasteiger partial charge in [-0.1, -0.05) is 13.8 Å². The highest BCUT2D eigenvalue weighted by Gasteiger charge is 2.23. The van der Waals surface area contributed by atoms with Gasteiger partial charge in [-0.15, -0.1) is 0 Å². The summed E-state index contributed by atoms with van der Waals surface area (Å²) in [7, 11) is 1.63. The van der Waals surface area contributed by atoms with Crippen molar-refractivity contribution < 1.29 is 13.9 Å². The fourth-order valence-electron chi connectivity index (χ4n) is 1.73. The Hall–Kier alpha value is -1.33. The van der Waals surface area contributed by atoms with Gasteiger partial charge in [0, 0.05) is 13.7 Å². The first-order chi connectivity index (χ1) is 8.95. The van der Waals surface area contributed by atoms with Gasteiger partial charge in [-0.25, -0.2) is 0 Å². The molecule has 0 saturated heterocycles. The Labute approximate surface area is 114 Å². The molecule has 0 aliphatic heterocycles. The quantitative estimate of drug-likeness (QED) is 0.790. The minimum Gasteiger partial charge on any atom is -0.464 e. The van der Waals surface area contributed by atoms with Crippen LogP contribution in [0.15, 0.2) is 16.5 Å². The number of carbonyl (C=O) groups excluding carboxylic acids is 1.